The van der Waals surface area contributed by atoms with Gasteiger partial charge in [0.25, 0.3) is 5.91 Å². The van der Waals surface area contributed by atoms with E-state index < -0.39 is 0 Å². The minimum Gasteiger partial charge on any atom is -0.497 e. The van der Waals surface area contributed by atoms with E-state index in [4.69, 9.17) is 9.47 Å². The number of hydrogen-bond acceptors (Lipinski definition) is 4. The number of nitrogens with zero attached hydrogens (tertiary/aromatic N) is 1. The first-order valence-electron chi connectivity index (χ1n) is 8.25. The monoisotopic (exact) mass is 351 g/mol. The number of carbonyl (C=O) groups is 1. The van der Waals surface area contributed by atoms with Gasteiger partial charge in [-0.1, -0.05) is 25.1 Å². The van der Waals surface area contributed by atoms with Crippen molar-refractivity contribution in [2.45, 2.75) is 12.8 Å². The lowest BCUT2D eigenvalue weighted by Crippen LogP contribution is -2.11. The number of hydrogen-bond donors (Lipinski definition) is 2. The Kier molecular flexibility index (Phi) is 5.22. The second-order valence-electron chi connectivity index (χ2n) is 5.90. The van der Waals surface area contributed by atoms with Gasteiger partial charge in [0.15, 0.2) is 5.82 Å². The first kappa shape index (κ1) is 17.5. The fraction of sp³-hybridized carbons (Fsp3) is 0.200. The molecule has 0 radical (unpaired) electrons. The number of methoxy groups -OCH3 is 2. The molecule has 0 fully saturated rings. The second-order valence-corrected chi connectivity index (χ2v) is 5.90. The Morgan fingerprint density at radius 3 is 2.31 bits per heavy atom. The van der Waals surface area contributed by atoms with Crippen LogP contribution in [0.2, 0.25) is 0 Å². The third-order valence-electron chi connectivity index (χ3n) is 4.22. The molecule has 0 spiro atoms. The van der Waals surface area contributed by atoms with E-state index in [9.17, 15) is 4.79 Å². The Labute approximate surface area is 152 Å². The first-order valence-corrected chi connectivity index (χ1v) is 8.25. The summed E-state index contributed by atoms with van der Waals surface area (Å²) in [5.74, 6) is 1.76. The van der Waals surface area contributed by atoms with Crippen molar-refractivity contribution in [3.63, 3.8) is 0 Å². The molecule has 3 rings (SSSR count). The zero-order valence-electron chi connectivity index (χ0n) is 14.9. The molecule has 0 saturated heterocycles. The highest BCUT2D eigenvalue weighted by atomic mass is 16.5. The molecule has 6 nitrogen and oxygen atoms in total. The third kappa shape index (κ3) is 3.85. The summed E-state index contributed by atoms with van der Waals surface area (Å²) in [5, 5.41) is 9.98. The quantitative estimate of drug-likeness (QED) is 0.708. The van der Waals surface area contributed by atoms with Crippen LogP contribution in [0.3, 0.4) is 0 Å². The van der Waals surface area contributed by atoms with Crippen molar-refractivity contribution in [3.05, 3.63) is 71.4 Å². The highest BCUT2D eigenvalue weighted by Gasteiger charge is 2.15. The van der Waals surface area contributed by atoms with Crippen LogP contribution in [0.15, 0.2) is 54.6 Å². The number of ether oxygens (including phenoxy) is 2. The van der Waals surface area contributed by atoms with Gasteiger partial charge in [-0.2, -0.15) is 5.10 Å². The second kappa shape index (κ2) is 7.74. The van der Waals surface area contributed by atoms with Gasteiger partial charge in [0.05, 0.1) is 14.2 Å². The number of rotatable bonds is 6. The number of aromatic nitrogens is 2. The van der Waals surface area contributed by atoms with E-state index >= 15 is 0 Å². The highest BCUT2D eigenvalue weighted by Crippen LogP contribution is 2.31. The molecular weight excluding hydrogens is 330 g/mol. The molecule has 1 atom stereocenters. The molecule has 0 aliphatic heterocycles. The number of aromatic amines is 1. The number of benzene rings is 2. The van der Waals surface area contributed by atoms with Gasteiger partial charge in [-0.15, -0.1) is 0 Å². The zero-order chi connectivity index (χ0) is 18.5. The molecule has 3 aromatic rings. The van der Waals surface area contributed by atoms with E-state index in [2.05, 4.69) is 15.5 Å². The van der Waals surface area contributed by atoms with Crippen LogP contribution >= 0.6 is 0 Å². The Hall–Kier alpha value is -3.28. The average Bonchev–Trinajstić information content (AvgIpc) is 3.15. The molecule has 0 saturated carbocycles. The summed E-state index contributed by atoms with van der Waals surface area (Å²) < 4.78 is 10.7. The van der Waals surface area contributed by atoms with Gasteiger partial charge < -0.3 is 14.8 Å². The zero-order valence-corrected chi connectivity index (χ0v) is 14.9. The summed E-state index contributed by atoms with van der Waals surface area (Å²) in [6.07, 6.45) is 0. The van der Waals surface area contributed by atoms with E-state index in [1.807, 2.05) is 49.4 Å². The Morgan fingerprint density at radius 2 is 1.69 bits per heavy atom. The van der Waals surface area contributed by atoms with Crippen molar-refractivity contribution in [3.8, 4) is 11.5 Å². The fourth-order valence-electron chi connectivity index (χ4n) is 2.66. The standard InChI is InChI=1S/C20H21N3O3/c1-13(15-9-16(25-2)11-17(10-15)26-3)18-12-19(23-22-18)21-20(24)14-7-5-4-6-8-14/h4-13H,1-3H3,(H2,21,22,23,24). The molecule has 26 heavy (non-hydrogen) atoms. The van der Waals surface area contributed by atoms with Crippen LogP contribution in [0.1, 0.15) is 34.5 Å². The van der Waals surface area contributed by atoms with E-state index in [0.29, 0.717) is 11.4 Å². The molecular formula is C20H21N3O3. The number of nitrogens with one attached hydrogen (secondary N) is 2. The van der Waals surface area contributed by atoms with Crippen LogP contribution in [0.25, 0.3) is 0 Å². The third-order valence-corrected chi connectivity index (χ3v) is 4.22. The van der Waals surface area contributed by atoms with Gasteiger partial charge >= 0.3 is 0 Å². The predicted octanol–water partition coefficient (Wildman–Crippen LogP) is 3.83. The summed E-state index contributed by atoms with van der Waals surface area (Å²) in [5.41, 5.74) is 2.48. The van der Waals surface area contributed by atoms with Gasteiger partial charge in [-0.25, -0.2) is 0 Å². The maximum absolute atomic E-state index is 12.2. The number of H-pyrrole nitrogens is 1. The van der Waals surface area contributed by atoms with Crippen molar-refractivity contribution >= 4 is 11.7 Å². The summed E-state index contributed by atoms with van der Waals surface area (Å²) in [6.45, 7) is 2.05. The largest absolute Gasteiger partial charge is 0.497 e. The normalized spacial score (nSPS) is 11.7. The Balaban J connectivity index is 1.78. The van der Waals surface area contributed by atoms with Gasteiger partial charge in [0.1, 0.15) is 11.5 Å². The van der Waals surface area contributed by atoms with Crippen LogP contribution in [0.5, 0.6) is 11.5 Å². The first-order chi connectivity index (χ1) is 12.6. The summed E-state index contributed by atoms with van der Waals surface area (Å²) in [4.78, 5) is 12.2. The minimum atomic E-state index is -0.195. The predicted molar refractivity (Wildman–Crippen MR) is 100 cm³/mol. The average molecular weight is 351 g/mol. The molecule has 1 amide bonds. The van der Waals surface area contributed by atoms with E-state index in [1.165, 1.54) is 0 Å². The lowest BCUT2D eigenvalue weighted by molar-refractivity contribution is 0.102. The van der Waals surface area contributed by atoms with E-state index in [1.54, 1.807) is 26.4 Å². The van der Waals surface area contributed by atoms with Crippen molar-refractivity contribution in [2.24, 2.45) is 0 Å². The Bertz CT molecular complexity index is 868. The molecule has 6 heteroatoms. The van der Waals surface area contributed by atoms with Crippen LogP contribution in [-0.2, 0) is 0 Å². The van der Waals surface area contributed by atoms with Crippen LogP contribution < -0.4 is 14.8 Å². The molecule has 1 heterocycles. The maximum Gasteiger partial charge on any atom is 0.256 e. The molecule has 2 aromatic carbocycles. The number of anilines is 1. The molecule has 1 unspecified atom stereocenters. The molecule has 2 N–H and O–H groups in total. The van der Waals surface area contributed by atoms with E-state index in [-0.39, 0.29) is 11.8 Å². The minimum absolute atomic E-state index is 0.0221. The molecule has 0 bridgehead atoms. The van der Waals surface area contributed by atoms with Crippen LogP contribution in [0, 0.1) is 0 Å². The van der Waals surface area contributed by atoms with Gasteiger partial charge in [-0.3, -0.25) is 9.89 Å². The van der Waals surface area contributed by atoms with Gasteiger partial charge in [0.2, 0.25) is 0 Å². The molecule has 0 aliphatic rings. The van der Waals surface area contributed by atoms with E-state index in [0.717, 1.165) is 22.8 Å². The molecule has 0 aliphatic carbocycles. The topological polar surface area (TPSA) is 76.2 Å². The molecule has 1 aromatic heterocycles. The Morgan fingerprint density at radius 1 is 1.04 bits per heavy atom. The summed E-state index contributed by atoms with van der Waals surface area (Å²) >= 11 is 0. The SMILES string of the molecule is COc1cc(OC)cc(C(C)c2cc(NC(=O)c3ccccc3)n[nH]2)c1. The lowest BCUT2D eigenvalue weighted by Gasteiger charge is -2.13. The molecule has 134 valence electrons. The highest BCUT2D eigenvalue weighted by molar-refractivity contribution is 6.03. The van der Waals surface area contributed by atoms with Crippen LogP contribution in [-0.4, -0.2) is 30.3 Å². The van der Waals surface area contributed by atoms with Crippen molar-refractivity contribution in [2.75, 3.05) is 19.5 Å². The number of carbonyl (C=O) groups excluding carboxylic acids is 1. The maximum atomic E-state index is 12.2. The smallest absolute Gasteiger partial charge is 0.256 e. The fourth-order valence-corrected chi connectivity index (χ4v) is 2.66. The number of amides is 1. The van der Waals surface area contributed by atoms with Crippen LogP contribution in [0.4, 0.5) is 5.82 Å². The van der Waals surface area contributed by atoms with Gasteiger partial charge in [-0.05, 0) is 29.8 Å². The lowest BCUT2D eigenvalue weighted by atomic mass is 9.97. The van der Waals surface area contributed by atoms with Gasteiger partial charge in [0, 0.05) is 29.3 Å². The van der Waals surface area contributed by atoms with Crippen molar-refractivity contribution in [1.82, 2.24) is 10.2 Å². The summed E-state index contributed by atoms with van der Waals surface area (Å²) in [6, 6.07) is 16.6. The van der Waals surface area contributed by atoms with Crippen molar-refractivity contribution in [1.29, 1.82) is 0 Å². The van der Waals surface area contributed by atoms with Crippen molar-refractivity contribution < 1.29 is 14.3 Å². The summed E-state index contributed by atoms with van der Waals surface area (Å²) in [7, 11) is 3.24.